The van der Waals surface area contributed by atoms with Crippen LogP contribution in [0.5, 0.6) is 5.88 Å². The fourth-order valence-electron chi connectivity index (χ4n) is 4.76. The molecule has 6 rings (SSSR count). The van der Waals surface area contributed by atoms with Crippen LogP contribution in [0.2, 0.25) is 0 Å². The van der Waals surface area contributed by atoms with Crippen molar-refractivity contribution in [3.8, 4) is 17.1 Å². The molecule has 0 spiro atoms. The Kier molecular flexibility index (Phi) is 5.38. The number of fused-ring (bicyclic) bond motifs is 1. The lowest BCUT2D eigenvalue weighted by Gasteiger charge is -2.28. The van der Waals surface area contributed by atoms with Gasteiger partial charge in [0.1, 0.15) is 5.52 Å². The lowest BCUT2D eigenvalue weighted by molar-refractivity contribution is -0.119. The molecule has 1 N–H and O–H groups in total. The second kappa shape index (κ2) is 8.67. The maximum absolute atomic E-state index is 11.5. The number of nitrogens with one attached hydrogen (secondary N) is 1. The zero-order valence-corrected chi connectivity index (χ0v) is 18.7. The number of anilines is 1. The number of hydrogen-bond donors (Lipinski definition) is 1. The number of hydrogen-bond acceptors (Lipinski definition) is 6. The van der Waals surface area contributed by atoms with E-state index in [0.717, 1.165) is 61.6 Å². The maximum Gasteiger partial charge on any atom is 0.240 e. The van der Waals surface area contributed by atoms with Gasteiger partial charge in [-0.25, -0.2) is 9.97 Å². The fraction of sp³-hybridized carbons (Fsp3) is 0.480. The molecular weight excluding hydrogens is 418 g/mol. The largest absolute Gasteiger partial charge is 0.476 e. The Morgan fingerprint density at radius 3 is 2.70 bits per heavy atom. The van der Waals surface area contributed by atoms with Crippen LogP contribution in [0.1, 0.15) is 31.7 Å². The Balaban J connectivity index is 1.27. The summed E-state index contributed by atoms with van der Waals surface area (Å²) in [6, 6.07) is 11.1. The molecule has 2 aliphatic heterocycles. The summed E-state index contributed by atoms with van der Waals surface area (Å²) in [5, 5.41) is 2.90. The van der Waals surface area contributed by atoms with Crippen LogP contribution in [-0.2, 0) is 9.53 Å². The summed E-state index contributed by atoms with van der Waals surface area (Å²) in [4.78, 5) is 23.5. The van der Waals surface area contributed by atoms with E-state index in [1.165, 1.54) is 18.5 Å². The van der Waals surface area contributed by atoms with Crippen LogP contribution in [0.3, 0.4) is 0 Å². The number of carbonyl (C=O) groups is 1. The first kappa shape index (κ1) is 20.5. The molecule has 2 aromatic heterocycles. The predicted molar refractivity (Wildman–Crippen MR) is 125 cm³/mol. The van der Waals surface area contributed by atoms with Gasteiger partial charge in [-0.2, -0.15) is 0 Å². The van der Waals surface area contributed by atoms with E-state index >= 15 is 0 Å². The molecule has 2 saturated heterocycles. The van der Waals surface area contributed by atoms with Crippen LogP contribution in [0.4, 0.5) is 5.69 Å². The highest BCUT2D eigenvalue weighted by atomic mass is 16.5. The Bertz CT molecular complexity index is 1150. The molecule has 0 unspecified atom stereocenters. The molecule has 1 amide bonds. The van der Waals surface area contributed by atoms with Gasteiger partial charge in [-0.1, -0.05) is 12.1 Å². The first-order valence-electron chi connectivity index (χ1n) is 11.9. The number of rotatable bonds is 7. The molecule has 8 heteroatoms. The summed E-state index contributed by atoms with van der Waals surface area (Å²) in [5.41, 5.74) is 5.01. The summed E-state index contributed by atoms with van der Waals surface area (Å²) >= 11 is 0. The monoisotopic (exact) mass is 447 g/mol. The molecule has 33 heavy (non-hydrogen) atoms. The average molecular weight is 448 g/mol. The number of morpholine rings is 1. The predicted octanol–water partition coefficient (Wildman–Crippen LogP) is 3.17. The van der Waals surface area contributed by atoms with Crippen LogP contribution in [-0.4, -0.2) is 59.9 Å². The lowest BCUT2D eigenvalue weighted by Crippen LogP contribution is -2.36. The molecule has 1 atom stereocenters. The number of aromatic nitrogens is 3. The van der Waals surface area contributed by atoms with E-state index in [2.05, 4.69) is 50.1 Å². The normalized spacial score (nSPS) is 20.9. The average Bonchev–Trinajstić information content (AvgIpc) is 3.47. The van der Waals surface area contributed by atoms with Gasteiger partial charge in [-0.15, -0.1) is 0 Å². The van der Waals surface area contributed by atoms with Crippen LogP contribution < -0.4 is 15.0 Å². The first-order valence-corrected chi connectivity index (χ1v) is 11.9. The molecule has 0 radical (unpaired) electrons. The van der Waals surface area contributed by atoms with Crippen LogP contribution in [0.15, 0.2) is 36.7 Å². The molecule has 1 saturated carbocycles. The van der Waals surface area contributed by atoms with Gasteiger partial charge in [-0.3, -0.25) is 4.79 Å². The van der Waals surface area contributed by atoms with E-state index < -0.39 is 0 Å². The SMILES string of the molecule is O=C1C[C@@H](CCOc2nc(-c3ccc(N4CCOCC4)cc3)cc3ncn(C4CC4)c23)CN1. The number of ether oxygens (including phenoxy) is 2. The highest BCUT2D eigenvalue weighted by molar-refractivity contribution is 5.85. The van der Waals surface area contributed by atoms with Gasteiger partial charge in [0.15, 0.2) is 0 Å². The highest BCUT2D eigenvalue weighted by Crippen LogP contribution is 2.40. The van der Waals surface area contributed by atoms with Crippen molar-refractivity contribution in [1.29, 1.82) is 0 Å². The number of pyridine rings is 1. The second-order valence-corrected chi connectivity index (χ2v) is 9.22. The number of carbonyl (C=O) groups excluding carboxylic acids is 1. The molecule has 8 nitrogen and oxygen atoms in total. The van der Waals surface area contributed by atoms with Crippen molar-refractivity contribution >= 4 is 22.6 Å². The molecule has 3 fully saturated rings. The van der Waals surface area contributed by atoms with E-state index in [1.807, 2.05) is 6.33 Å². The number of benzene rings is 1. The zero-order chi connectivity index (χ0) is 22.2. The molecule has 172 valence electrons. The van der Waals surface area contributed by atoms with Gasteiger partial charge in [0.25, 0.3) is 0 Å². The third-order valence-corrected chi connectivity index (χ3v) is 6.83. The molecule has 1 aromatic carbocycles. The fourth-order valence-corrected chi connectivity index (χ4v) is 4.76. The third-order valence-electron chi connectivity index (χ3n) is 6.83. The topological polar surface area (TPSA) is 81.5 Å². The van der Waals surface area contributed by atoms with Gasteiger partial charge < -0.3 is 24.3 Å². The van der Waals surface area contributed by atoms with Gasteiger partial charge >= 0.3 is 0 Å². The van der Waals surface area contributed by atoms with Gasteiger partial charge in [0.2, 0.25) is 11.8 Å². The molecule has 3 aromatic rings. The van der Waals surface area contributed by atoms with Crippen molar-refractivity contribution < 1.29 is 14.3 Å². The summed E-state index contributed by atoms with van der Waals surface area (Å²) in [5.74, 6) is 1.11. The van der Waals surface area contributed by atoms with Crippen molar-refractivity contribution in [3.63, 3.8) is 0 Å². The van der Waals surface area contributed by atoms with Crippen LogP contribution >= 0.6 is 0 Å². The highest BCUT2D eigenvalue weighted by Gasteiger charge is 2.28. The molecule has 3 aliphatic rings. The molecule has 0 bridgehead atoms. The quantitative estimate of drug-likeness (QED) is 0.599. The van der Waals surface area contributed by atoms with E-state index in [9.17, 15) is 4.79 Å². The summed E-state index contributed by atoms with van der Waals surface area (Å²) in [6.07, 6.45) is 5.68. The van der Waals surface area contributed by atoms with Crippen molar-refractivity contribution in [2.75, 3.05) is 44.4 Å². The third kappa shape index (κ3) is 4.27. The minimum Gasteiger partial charge on any atom is -0.476 e. The summed E-state index contributed by atoms with van der Waals surface area (Å²) in [7, 11) is 0. The number of amides is 1. The van der Waals surface area contributed by atoms with Crippen molar-refractivity contribution in [2.24, 2.45) is 5.92 Å². The smallest absolute Gasteiger partial charge is 0.240 e. The Morgan fingerprint density at radius 2 is 1.97 bits per heavy atom. The van der Waals surface area contributed by atoms with Crippen molar-refractivity contribution in [1.82, 2.24) is 19.9 Å². The molecule has 4 heterocycles. The standard InChI is InChI=1S/C25H29N5O3/c31-23-13-17(15-26-23)7-10-33-25-24-22(27-16-30(24)20-5-6-20)14-21(28-25)18-1-3-19(4-2-18)29-8-11-32-12-9-29/h1-4,14,16-17,20H,5-13,15H2,(H,26,31)/t17-/m1/s1. The van der Waals surface area contributed by atoms with Gasteiger partial charge in [0.05, 0.1) is 37.4 Å². The van der Waals surface area contributed by atoms with Gasteiger partial charge in [-0.05, 0) is 43.4 Å². The van der Waals surface area contributed by atoms with Crippen LogP contribution in [0, 0.1) is 5.92 Å². The first-order chi connectivity index (χ1) is 16.2. The Labute approximate surface area is 192 Å². The van der Waals surface area contributed by atoms with E-state index in [0.29, 0.717) is 30.9 Å². The molecule has 1 aliphatic carbocycles. The minimum atomic E-state index is 0.134. The van der Waals surface area contributed by atoms with Crippen molar-refractivity contribution in [3.05, 3.63) is 36.7 Å². The second-order valence-electron chi connectivity index (χ2n) is 9.22. The number of imidazole rings is 1. The Hall–Kier alpha value is -3.13. The van der Waals surface area contributed by atoms with Gasteiger partial charge in [0, 0.05) is 43.3 Å². The zero-order valence-electron chi connectivity index (χ0n) is 18.7. The number of nitrogens with zero attached hydrogens (tertiary/aromatic N) is 4. The lowest BCUT2D eigenvalue weighted by atomic mass is 10.1. The minimum absolute atomic E-state index is 0.134. The molecular formula is C25H29N5O3. The maximum atomic E-state index is 11.5. The summed E-state index contributed by atoms with van der Waals surface area (Å²) in [6.45, 7) is 4.66. The van der Waals surface area contributed by atoms with Crippen molar-refractivity contribution in [2.45, 2.75) is 31.7 Å². The van der Waals surface area contributed by atoms with E-state index in [4.69, 9.17) is 14.5 Å². The van der Waals surface area contributed by atoms with E-state index in [1.54, 1.807) is 0 Å². The van der Waals surface area contributed by atoms with E-state index in [-0.39, 0.29) is 5.91 Å². The Morgan fingerprint density at radius 1 is 1.15 bits per heavy atom. The summed E-state index contributed by atoms with van der Waals surface area (Å²) < 4.78 is 13.9. The van der Waals surface area contributed by atoms with Crippen LogP contribution in [0.25, 0.3) is 22.3 Å².